The van der Waals surface area contributed by atoms with Crippen LogP contribution in [0.3, 0.4) is 0 Å². The van der Waals surface area contributed by atoms with Crippen LogP contribution >= 0.6 is 0 Å². The van der Waals surface area contributed by atoms with Gasteiger partial charge in [-0.2, -0.15) is 5.26 Å². The van der Waals surface area contributed by atoms with Crippen LogP contribution in [0.4, 0.5) is 0 Å². The lowest BCUT2D eigenvalue weighted by molar-refractivity contribution is 0.276. The molecule has 0 saturated carbocycles. The molecule has 5 nitrogen and oxygen atoms in total. The molecule has 0 aliphatic heterocycles. The van der Waals surface area contributed by atoms with Gasteiger partial charge in [0.05, 0.1) is 0 Å². The summed E-state index contributed by atoms with van der Waals surface area (Å²) >= 11 is 0. The third-order valence-corrected chi connectivity index (χ3v) is 3.39. The van der Waals surface area contributed by atoms with Crippen molar-refractivity contribution in [3.8, 4) is 17.3 Å². The molecule has 0 fully saturated rings. The number of benzene rings is 1. The van der Waals surface area contributed by atoms with Crippen LogP contribution in [0.2, 0.25) is 0 Å². The first-order valence-corrected chi connectivity index (χ1v) is 7.02. The van der Waals surface area contributed by atoms with Gasteiger partial charge in [0.1, 0.15) is 11.8 Å². The second kappa shape index (κ2) is 6.06. The average Bonchev–Trinajstić information content (AvgIpc) is 2.87. The zero-order valence-electron chi connectivity index (χ0n) is 12.7. The van der Waals surface area contributed by atoms with Crippen molar-refractivity contribution in [2.24, 2.45) is 0 Å². The van der Waals surface area contributed by atoms with Crippen molar-refractivity contribution in [3.63, 3.8) is 0 Å². The minimum atomic E-state index is 0.0874. The third-order valence-electron chi connectivity index (χ3n) is 3.39. The second-order valence-electron chi connectivity index (χ2n) is 6.03. The Bertz CT molecular complexity index is 644. The van der Waals surface area contributed by atoms with E-state index in [9.17, 15) is 5.26 Å². The first kappa shape index (κ1) is 15.2. The maximum atomic E-state index is 9.19. The van der Waals surface area contributed by atoms with Crippen LogP contribution in [0.15, 0.2) is 24.3 Å². The summed E-state index contributed by atoms with van der Waals surface area (Å²) in [5, 5.41) is 26.0. The van der Waals surface area contributed by atoms with Crippen molar-refractivity contribution in [2.45, 2.75) is 39.2 Å². The molecule has 1 aromatic carbocycles. The normalized spacial score (nSPS) is 11.4. The minimum absolute atomic E-state index is 0.0874. The fourth-order valence-electron chi connectivity index (χ4n) is 2.18. The topological polar surface area (TPSA) is 74.7 Å². The number of aromatic nitrogens is 3. The lowest BCUT2D eigenvalue weighted by Crippen LogP contribution is -2.10. The van der Waals surface area contributed by atoms with Gasteiger partial charge in [0.2, 0.25) is 0 Å². The molecule has 1 N–H and O–H groups in total. The number of nitriles is 1. The highest BCUT2D eigenvalue weighted by molar-refractivity contribution is 5.65. The Kier molecular flexibility index (Phi) is 4.39. The Morgan fingerprint density at radius 2 is 1.90 bits per heavy atom. The Morgan fingerprint density at radius 3 is 2.43 bits per heavy atom. The fraction of sp³-hybridized carbons (Fsp3) is 0.438. The smallest absolute Gasteiger partial charge is 0.190 e. The summed E-state index contributed by atoms with van der Waals surface area (Å²) in [4.78, 5) is 0. The van der Waals surface area contributed by atoms with Crippen molar-refractivity contribution in [2.75, 3.05) is 6.61 Å². The fourth-order valence-corrected chi connectivity index (χ4v) is 2.18. The van der Waals surface area contributed by atoms with Gasteiger partial charge < -0.3 is 5.11 Å². The standard InChI is InChI=1S/C16H20N4O/c1-16(2,3)13-7-5-12(6-8-13)15-14(11-17)18-19-20(15)9-4-10-21/h5-8,21H,4,9-10H2,1-3H3. The maximum Gasteiger partial charge on any atom is 0.190 e. The van der Waals surface area contributed by atoms with Crippen molar-refractivity contribution in [1.82, 2.24) is 15.0 Å². The summed E-state index contributed by atoms with van der Waals surface area (Å²) in [5.41, 5.74) is 3.27. The number of nitrogens with zero attached hydrogens (tertiary/aromatic N) is 4. The van der Waals surface area contributed by atoms with E-state index in [-0.39, 0.29) is 12.0 Å². The van der Waals surface area contributed by atoms with Gasteiger partial charge in [0.15, 0.2) is 5.69 Å². The van der Waals surface area contributed by atoms with E-state index in [1.807, 2.05) is 12.1 Å². The number of aryl methyl sites for hydroxylation is 1. The van der Waals surface area contributed by atoms with E-state index < -0.39 is 0 Å². The lowest BCUT2D eigenvalue weighted by Gasteiger charge is -2.19. The Labute approximate surface area is 124 Å². The van der Waals surface area contributed by atoms with Gasteiger partial charge in [-0.1, -0.05) is 50.3 Å². The molecule has 0 unspecified atom stereocenters. The van der Waals surface area contributed by atoms with Crippen LogP contribution in [-0.4, -0.2) is 26.7 Å². The van der Waals surface area contributed by atoms with Gasteiger partial charge in [0.25, 0.3) is 0 Å². The molecule has 0 radical (unpaired) electrons. The molecule has 21 heavy (non-hydrogen) atoms. The zero-order valence-corrected chi connectivity index (χ0v) is 12.7. The summed E-state index contributed by atoms with van der Waals surface area (Å²) < 4.78 is 1.68. The van der Waals surface area contributed by atoms with Gasteiger partial charge in [0, 0.05) is 18.7 Å². The van der Waals surface area contributed by atoms with Gasteiger partial charge in [-0.05, 0) is 17.4 Å². The molecule has 0 aliphatic rings. The van der Waals surface area contributed by atoms with Crippen LogP contribution < -0.4 is 0 Å². The molecule has 0 amide bonds. The molecule has 110 valence electrons. The van der Waals surface area contributed by atoms with Crippen molar-refractivity contribution < 1.29 is 5.11 Å². The Hall–Kier alpha value is -2.19. The van der Waals surface area contributed by atoms with E-state index in [1.165, 1.54) is 5.56 Å². The molecule has 0 aliphatic carbocycles. The number of aliphatic hydroxyl groups excluding tert-OH is 1. The van der Waals surface area contributed by atoms with E-state index in [4.69, 9.17) is 5.11 Å². The van der Waals surface area contributed by atoms with Crippen LogP contribution in [0, 0.1) is 11.3 Å². The molecule has 0 saturated heterocycles. The number of rotatable bonds is 4. The Morgan fingerprint density at radius 1 is 1.24 bits per heavy atom. The number of aliphatic hydroxyl groups is 1. The molecule has 1 heterocycles. The van der Waals surface area contributed by atoms with Crippen molar-refractivity contribution in [1.29, 1.82) is 5.26 Å². The first-order chi connectivity index (χ1) is 9.97. The van der Waals surface area contributed by atoms with Crippen molar-refractivity contribution >= 4 is 0 Å². The Balaban J connectivity index is 2.41. The van der Waals surface area contributed by atoms with Crippen LogP contribution in [-0.2, 0) is 12.0 Å². The van der Waals surface area contributed by atoms with Crippen molar-refractivity contribution in [3.05, 3.63) is 35.5 Å². The predicted molar refractivity (Wildman–Crippen MR) is 80.6 cm³/mol. The molecule has 5 heteroatoms. The second-order valence-corrected chi connectivity index (χ2v) is 6.03. The highest BCUT2D eigenvalue weighted by Crippen LogP contribution is 2.27. The van der Waals surface area contributed by atoms with E-state index in [2.05, 4.69) is 49.3 Å². The number of hydrogen-bond acceptors (Lipinski definition) is 4. The number of hydrogen-bond donors (Lipinski definition) is 1. The summed E-state index contributed by atoms with van der Waals surface area (Å²) in [5.74, 6) is 0. The van der Waals surface area contributed by atoms with E-state index in [0.29, 0.717) is 24.4 Å². The highest BCUT2D eigenvalue weighted by atomic mass is 16.3. The quantitative estimate of drug-likeness (QED) is 0.936. The van der Waals surface area contributed by atoms with E-state index >= 15 is 0 Å². The largest absolute Gasteiger partial charge is 0.396 e. The summed E-state index contributed by atoms with van der Waals surface area (Å²) in [6.45, 7) is 7.12. The SMILES string of the molecule is CC(C)(C)c1ccc(-c2c(C#N)nnn2CCCO)cc1. The predicted octanol–water partition coefficient (Wildman–Crippen LogP) is 2.50. The third kappa shape index (κ3) is 3.29. The minimum Gasteiger partial charge on any atom is -0.396 e. The first-order valence-electron chi connectivity index (χ1n) is 7.02. The molecule has 0 bridgehead atoms. The molecule has 1 aromatic heterocycles. The lowest BCUT2D eigenvalue weighted by atomic mass is 9.86. The molecular weight excluding hydrogens is 264 g/mol. The monoisotopic (exact) mass is 284 g/mol. The molecule has 2 aromatic rings. The van der Waals surface area contributed by atoms with E-state index in [0.717, 1.165) is 5.56 Å². The molecule has 0 spiro atoms. The maximum absolute atomic E-state index is 9.19. The van der Waals surface area contributed by atoms with E-state index in [1.54, 1.807) is 4.68 Å². The summed E-state index contributed by atoms with van der Waals surface area (Å²) in [6, 6.07) is 10.2. The zero-order chi connectivity index (χ0) is 15.5. The molecule has 0 atom stereocenters. The van der Waals surface area contributed by atoms with Gasteiger partial charge in [-0.15, -0.1) is 5.10 Å². The summed E-state index contributed by atoms with van der Waals surface area (Å²) in [6.07, 6.45) is 0.585. The average molecular weight is 284 g/mol. The van der Waals surface area contributed by atoms with Crippen LogP contribution in [0.5, 0.6) is 0 Å². The van der Waals surface area contributed by atoms with Gasteiger partial charge in [-0.25, -0.2) is 4.68 Å². The van der Waals surface area contributed by atoms with Gasteiger partial charge in [-0.3, -0.25) is 0 Å². The van der Waals surface area contributed by atoms with Crippen LogP contribution in [0.1, 0.15) is 38.4 Å². The molecular formula is C16H20N4O. The highest BCUT2D eigenvalue weighted by Gasteiger charge is 2.17. The van der Waals surface area contributed by atoms with Gasteiger partial charge >= 0.3 is 0 Å². The van der Waals surface area contributed by atoms with Crippen LogP contribution in [0.25, 0.3) is 11.3 Å². The summed E-state index contributed by atoms with van der Waals surface area (Å²) in [7, 11) is 0. The molecule has 2 rings (SSSR count).